The largest absolute Gasteiger partial charge is 0.370 e. The van der Waals surface area contributed by atoms with Crippen LogP contribution in [0.2, 0.25) is 0 Å². The molecule has 2 atom stereocenters. The third kappa shape index (κ3) is 3.38. The summed E-state index contributed by atoms with van der Waals surface area (Å²) in [4.78, 5) is 7.17. The van der Waals surface area contributed by atoms with Crippen LogP contribution in [0.3, 0.4) is 0 Å². The average Bonchev–Trinajstić information content (AvgIpc) is 2.67. The second-order valence-electron chi connectivity index (χ2n) is 6.92. The first-order valence-electron chi connectivity index (χ1n) is 9.37. The maximum Gasteiger partial charge on any atom is 0.138 e. The summed E-state index contributed by atoms with van der Waals surface area (Å²) in [6, 6.07) is 9.09. The van der Waals surface area contributed by atoms with Crippen LogP contribution in [-0.4, -0.2) is 35.6 Å². The van der Waals surface area contributed by atoms with Crippen molar-refractivity contribution in [2.45, 2.75) is 38.3 Å². The van der Waals surface area contributed by atoms with Crippen LogP contribution in [0, 0.1) is 17.7 Å². The Bertz CT molecular complexity index is 853. The zero-order valence-corrected chi connectivity index (χ0v) is 15.0. The van der Waals surface area contributed by atoms with Crippen molar-refractivity contribution in [3.63, 3.8) is 0 Å². The molecule has 1 aromatic heterocycles. The smallest absolute Gasteiger partial charge is 0.138 e. The molecule has 0 bridgehead atoms. The molecule has 0 unspecified atom stereocenters. The molecule has 26 heavy (non-hydrogen) atoms. The lowest BCUT2D eigenvalue weighted by molar-refractivity contribution is -0.0805. The molecule has 0 spiro atoms. The molecule has 3 nitrogen and oxygen atoms in total. The monoisotopic (exact) mass is 350 g/mol. The van der Waals surface area contributed by atoms with Crippen LogP contribution in [0.4, 0.5) is 4.39 Å². The first-order valence-corrected chi connectivity index (χ1v) is 9.37. The number of hydrogen-bond acceptors (Lipinski definition) is 3. The predicted molar refractivity (Wildman–Crippen MR) is 99.3 cm³/mol. The van der Waals surface area contributed by atoms with Gasteiger partial charge in [0.25, 0.3) is 0 Å². The Labute approximate surface area is 154 Å². The highest BCUT2D eigenvalue weighted by Crippen LogP contribution is 2.37. The Morgan fingerprint density at radius 1 is 1.31 bits per heavy atom. The van der Waals surface area contributed by atoms with Gasteiger partial charge in [-0.3, -0.25) is 9.88 Å². The first kappa shape index (κ1) is 17.2. The normalized spacial score (nSPS) is 22.1. The highest BCUT2D eigenvalue weighted by molar-refractivity contribution is 5.45. The van der Waals surface area contributed by atoms with Crippen LogP contribution in [0.25, 0.3) is 0 Å². The van der Waals surface area contributed by atoms with Gasteiger partial charge in [0.2, 0.25) is 0 Å². The predicted octanol–water partition coefficient (Wildman–Crippen LogP) is 3.72. The van der Waals surface area contributed by atoms with Crippen molar-refractivity contribution < 1.29 is 9.13 Å². The molecule has 1 saturated heterocycles. The molecular weight excluding hydrogens is 327 g/mol. The first-order chi connectivity index (χ1) is 12.8. The van der Waals surface area contributed by atoms with Crippen molar-refractivity contribution >= 4 is 0 Å². The lowest BCUT2D eigenvalue weighted by Gasteiger charge is -2.44. The van der Waals surface area contributed by atoms with Crippen molar-refractivity contribution in [1.29, 1.82) is 0 Å². The number of nitrogens with zero attached hydrogens (tertiary/aromatic N) is 2. The summed E-state index contributed by atoms with van der Waals surface area (Å²) in [6.45, 7) is 5.09. The van der Waals surface area contributed by atoms with Gasteiger partial charge in [0.1, 0.15) is 5.82 Å². The molecule has 2 aliphatic rings. The molecule has 4 rings (SSSR count). The fraction of sp³-hybridized carbons (Fsp3) is 0.409. The number of rotatable bonds is 2. The summed E-state index contributed by atoms with van der Waals surface area (Å²) in [5, 5.41) is 0. The van der Waals surface area contributed by atoms with Gasteiger partial charge in [0.15, 0.2) is 0 Å². The molecule has 2 aromatic rings. The van der Waals surface area contributed by atoms with E-state index in [0.717, 1.165) is 55.8 Å². The minimum Gasteiger partial charge on any atom is -0.370 e. The molecular formula is C22H23FN2O. The number of halogens is 1. The Morgan fingerprint density at radius 3 is 3.04 bits per heavy atom. The van der Waals surface area contributed by atoms with Crippen molar-refractivity contribution in [1.82, 2.24) is 9.88 Å². The molecule has 1 fully saturated rings. The van der Waals surface area contributed by atoms with Crippen LogP contribution in [0.15, 0.2) is 36.5 Å². The zero-order valence-electron chi connectivity index (χ0n) is 15.0. The number of benzene rings is 1. The van der Waals surface area contributed by atoms with E-state index in [2.05, 4.69) is 34.7 Å². The number of hydrogen-bond donors (Lipinski definition) is 0. The lowest BCUT2D eigenvalue weighted by atomic mass is 9.86. The van der Waals surface area contributed by atoms with E-state index in [-0.39, 0.29) is 11.9 Å². The highest BCUT2D eigenvalue weighted by atomic mass is 19.1. The number of ether oxygens (including phenoxy) is 1. The quantitative estimate of drug-likeness (QED) is 0.772. The SMILES string of the molecule is CCCN1CCO[C@H]2c3cc(C#Cc4ccccc4F)cnc3CC[C@H]21. The van der Waals surface area contributed by atoms with Crippen molar-refractivity contribution in [2.24, 2.45) is 0 Å². The maximum absolute atomic E-state index is 13.8. The van der Waals surface area contributed by atoms with E-state index in [1.54, 1.807) is 24.4 Å². The second kappa shape index (κ2) is 7.57. The van der Waals surface area contributed by atoms with Gasteiger partial charge in [-0.1, -0.05) is 30.9 Å². The van der Waals surface area contributed by atoms with E-state index < -0.39 is 0 Å². The summed E-state index contributed by atoms with van der Waals surface area (Å²) in [6.07, 6.45) is 5.08. The van der Waals surface area contributed by atoms with Crippen LogP contribution in [-0.2, 0) is 11.2 Å². The molecule has 0 amide bonds. The Hall–Kier alpha value is -2.22. The molecule has 2 heterocycles. The summed E-state index contributed by atoms with van der Waals surface area (Å²) in [5.74, 6) is 5.69. The van der Waals surface area contributed by atoms with Crippen LogP contribution in [0.1, 0.15) is 48.3 Å². The van der Waals surface area contributed by atoms with E-state index >= 15 is 0 Å². The van der Waals surface area contributed by atoms with Crippen LogP contribution in [0.5, 0.6) is 0 Å². The van der Waals surface area contributed by atoms with Gasteiger partial charge >= 0.3 is 0 Å². The fourth-order valence-electron chi connectivity index (χ4n) is 3.98. The topological polar surface area (TPSA) is 25.4 Å². The molecule has 1 aliphatic heterocycles. The van der Waals surface area contributed by atoms with Crippen molar-refractivity contribution in [2.75, 3.05) is 19.7 Å². The molecule has 0 radical (unpaired) electrons. The minimum atomic E-state index is -0.295. The standard InChI is InChI=1S/C22H23FN2O/c1-2-11-25-12-13-26-22-18-14-16(15-24-20(18)9-10-21(22)25)7-8-17-5-3-4-6-19(17)23/h3-6,14-15,21-22H,2,9-13H2,1H3/t21-,22+/m1/s1. The molecule has 134 valence electrons. The number of morpholine rings is 1. The zero-order chi connectivity index (χ0) is 17.9. The van der Waals surface area contributed by atoms with Gasteiger partial charge in [-0.15, -0.1) is 0 Å². The Morgan fingerprint density at radius 2 is 2.19 bits per heavy atom. The highest BCUT2D eigenvalue weighted by Gasteiger charge is 2.37. The average molecular weight is 350 g/mol. The number of pyridine rings is 1. The third-order valence-corrected chi connectivity index (χ3v) is 5.21. The fourth-order valence-corrected chi connectivity index (χ4v) is 3.98. The molecule has 0 N–H and O–H groups in total. The van der Waals surface area contributed by atoms with E-state index in [9.17, 15) is 4.39 Å². The van der Waals surface area contributed by atoms with Crippen molar-refractivity contribution in [3.8, 4) is 11.8 Å². The van der Waals surface area contributed by atoms with E-state index in [4.69, 9.17) is 4.74 Å². The number of aromatic nitrogens is 1. The summed E-state index contributed by atoms with van der Waals surface area (Å²) >= 11 is 0. The van der Waals surface area contributed by atoms with E-state index in [1.807, 2.05) is 0 Å². The van der Waals surface area contributed by atoms with Gasteiger partial charge in [0, 0.05) is 35.6 Å². The summed E-state index contributed by atoms with van der Waals surface area (Å²) in [7, 11) is 0. The number of fused-ring (bicyclic) bond motifs is 3. The Balaban J connectivity index is 1.63. The van der Waals surface area contributed by atoms with E-state index in [0.29, 0.717) is 11.6 Å². The summed E-state index contributed by atoms with van der Waals surface area (Å²) in [5.41, 5.74) is 3.48. The van der Waals surface area contributed by atoms with Crippen molar-refractivity contribution in [3.05, 3.63) is 64.7 Å². The second-order valence-corrected chi connectivity index (χ2v) is 6.92. The minimum absolute atomic E-state index is 0.0711. The van der Waals surface area contributed by atoms with Crippen LogP contribution >= 0.6 is 0 Å². The maximum atomic E-state index is 13.8. The van der Waals surface area contributed by atoms with Gasteiger partial charge in [-0.05, 0) is 44.0 Å². The molecule has 0 saturated carbocycles. The van der Waals surface area contributed by atoms with Gasteiger partial charge < -0.3 is 4.74 Å². The Kier molecular flexibility index (Phi) is 5.01. The molecule has 1 aromatic carbocycles. The van der Waals surface area contributed by atoms with Gasteiger partial charge in [-0.2, -0.15) is 0 Å². The summed E-state index contributed by atoms with van der Waals surface area (Å²) < 4.78 is 19.9. The lowest BCUT2D eigenvalue weighted by Crippen LogP contribution is -2.49. The van der Waals surface area contributed by atoms with E-state index in [1.165, 1.54) is 6.07 Å². The van der Waals surface area contributed by atoms with Crippen LogP contribution < -0.4 is 0 Å². The number of aryl methyl sites for hydroxylation is 1. The van der Waals surface area contributed by atoms with Gasteiger partial charge in [-0.25, -0.2) is 4.39 Å². The third-order valence-electron chi connectivity index (χ3n) is 5.21. The molecule has 4 heteroatoms. The van der Waals surface area contributed by atoms with Gasteiger partial charge in [0.05, 0.1) is 18.3 Å². The molecule has 1 aliphatic carbocycles.